The molecule has 1 aliphatic rings. The highest BCUT2D eigenvalue weighted by atomic mass is 16.5. The van der Waals surface area contributed by atoms with E-state index in [1.165, 1.54) is 6.42 Å². The van der Waals surface area contributed by atoms with Crippen LogP contribution in [0.15, 0.2) is 0 Å². The van der Waals surface area contributed by atoms with Gasteiger partial charge in [-0.3, -0.25) is 0 Å². The smallest absolute Gasteiger partial charge is 0.0897 e. The van der Waals surface area contributed by atoms with Gasteiger partial charge < -0.3 is 20.3 Å². The largest absolute Gasteiger partial charge is 0.392 e. The van der Waals surface area contributed by atoms with Crippen molar-refractivity contribution in [3.8, 4) is 0 Å². The van der Waals surface area contributed by atoms with Crippen LogP contribution in [0.25, 0.3) is 0 Å². The van der Waals surface area contributed by atoms with Gasteiger partial charge in [0, 0.05) is 24.6 Å². The van der Waals surface area contributed by atoms with Crippen LogP contribution in [0.2, 0.25) is 0 Å². The molecular weight excluding hydrogens is 242 g/mol. The summed E-state index contributed by atoms with van der Waals surface area (Å²) in [7, 11) is 0. The first-order valence-electron chi connectivity index (χ1n) is 7.51. The molecule has 114 valence electrons. The summed E-state index contributed by atoms with van der Waals surface area (Å²) in [5.74, 6) is 0.711. The minimum absolute atomic E-state index is 0.0855. The van der Waals surface area contributed by atoms with Crippen LogP contribution < -0.4 is 5.32 Å². The van der Waals surface area contributed by atoms with Gasteiger partial charge in [-0.15, -0.1) is 0 Å². The number of aliphatic hydroxyl groups is 2. The summed E-state index contributed by atoms with van der Waals surface area (Å²) in [6.45, 7) is 10.1. The third-order valence-corrected chi connectivity index (χ3v) is 4.20. The van der Waals surface area contributed by atoms with Gasteiger partial charge in [-0.1, -0.05) is 27.7 Å². The first kappa shape index (κ1) is 16.9. The molecule has 0 saturated heterocycles. The fourth-order valence-electron chi connectivity index (χ4n) is 2.40. The quantitative estimate of drug-likeness (QED) is 0.558. The van der Waals surface area contributed by atoms with Crippen molar-refractivity contribution in [2.24, 2.45) is 11.3 Å². The Morgan fingerprint density at radius 1 is 1.37 bits per heavy atom. The van der Waals surface area contributed by atoms with Gasteiger partial charge in [0.05, 0.1) is 18.8 Å². The molecule has 0 aromatic rings. The van der Waals surface area contributed by atoms with Crippen LogP contribution in [0.3, 0.4) is 0 Å². The van der Waals surface area contributed by atoms with Gasteiger partial charge in [0.2, 0.25) is 0 Å². The van der Waals surface area contributed by atoms with Crippen LogP contribution in [-0.2, 0) is 4.74 Å². The van der Waals surface area contributed by atoms with Crippen LogP contribution >= 0.6 is 0 Å². The van der Waals surface area contributed by atoms with Crippen LogP contribution in [-0.4, -0.2) is 48.2 Å². The summed E-state index contributed by atoms with van der Waals surface area (Å²) in [4.78, 5) is 0. The predicted octanol–water partition coefficient (Wildman–Crippen LogP) is 1.55. The predicted molar refractivity (Wildman–Crippen MR) is 77.1 cm³/mol. The average molecular weight is 273 g/mol. The Bertz CT molecular complexity index is 256. The zero-order chi connectivity index (χ0) is 14.5. The molecule has 3 unspecified atom stereocenters. The lowest BCUT2D eigenvalue weighted by atomic mass is 9.64. The molecule has 0 spiro atoms. The van der Waals surface area contributed by atoms with Crippen molar-refractivity contribution in [2.75, 3.05) is 19.8 Å². The van der Waals surface area contributed by atoms with Gasteiger partial charge in [-0.05, 0) is 25.2 Å². The van der Waals surface area contributed by atoms with Crippen molar-refractivity contribution in [2.45, 2.75) is 65.2 Å². The highest BCUT2D eigenvalue weighted by Crippen LogP contribution is 2.40. The normalized spacial score (nSPS) is 27.3. The standard InChI is InChI=1S/C15H31NO3/c1-11(2)6-5-7-19-10-12(17)9-16-13-8-14(18)15(13,3)4/h11-14,16-18H,5-10H2,1-4H3. The highest BCUT2D eigenvalue weighted by Gasteiger charge is 2.46. The Morgan fingerprint density at radius 3 is 2.58 bits per heavy atom. The lowest BCUT2D eigenvalue weighted by Crippen LogP contribution is -2.61. The zero-order valence-corrected chi connectivity index (χ0v) is 12.9. The van der Waals surface area contributed by atoms with E-state index in [0.29, 0.717) is 19.1 Å². The van der Waals surface area contributed by atoms with Crippen LogP contribution in [0.5, 0.6) is 0 Å². The summed E-state index contributed by atoms with van der Waals surface area (Å²) in [6, 6.07) is 0.290. The number of rotatable bonds is 9. The Morgan fingerprint density at radius 2 is 2.05 bits per heavy atom. The van der Waals surface area contributed by atoms with Crippen LogP contribution in [0, 0.1) is 11.3 Å². The van der Waals surface area contributed by atoms with Crippen molar-refractivity contribution >= 4 is 0 Å². The molecule has 4 heteroatoms. The van der Waals surface area contributed by atoms with Gasteiger partial charge in [0.25, 0.3) is 0 Å². The maximum Gasteiger partial charge on any atom is 0.0897 e. The Balaban J connectivity index is 2.01. The fourth-order valence-corrected chi connectivity index (χ4v) is 2.40. The minimum Gasteiger partial charge on any atom is -0.392 e. The molecule has 4 nitrogen and oxygen atoms in total. The Hall–Kier alpha value is -0.160. The number of ether oxygens (including phenoxy) is 1. The molecule has 0 aliphatic heterocycles. The second-order valence-corrected chi connectivity index (χ2v) is 6.80. The molecule has 19 heavy (non-hydrogen) atoms. The molecule has 1 aliphatic carbocycles. The number of hydrogen-bond acceptors (Lipinski definition) is 4. The summed E-state index contributed by atoms with van der Waals surface area (Å²) in [5.41, 5.74) is -0.0855. The maximum absolute atomic E-state index is 9.81. The van der Waals surface area contributed by atoms with Crippen molar-refractivity contribution in [1.29, 1.82) is 0 Å². The van der Waals surface area contributed by atoms with E-state index in [-0.39, 0.29) is 17.6 Å². The van der Waals surface area contributed by atoms with Crippen LogP contribution in [0.4, 0.5) is 0 Å². The van der Waals surface area contributed by atoms with Crippen molar-refractivity contribution < 1.29 is 14.9 Å². The number of aliphatic hydroxyl groups excluding tert-OH is 2. The second-order valence-electron chi connectivity index (χ2n) is 6.80. The maximum atomic E-state index is 9.81. The fraction of sp³-hybridized carbons (Fsp3) is 1.00. The summed E-state index contributed by atoms with van der Waals surface area (Å²) >= 11 is 0. The monoisotopic (exact) mass is 273 g/mol. The van der Waals surface area contributed by atoms with Gasteiger partial charge in [0.15, 0.2) is 0 Å². The molecule has 0 aromatic carbocycles. The molecule has 0 bridgehead atoms. The Labute approximate surface area is 117 Å². The summed E-state index contributed by atoms with van der Waals surface area (Å²) in [5, 5.41) is 22.8. The number of nitrogens with one attached hydrogen (secondary N) is 1. The molecule has 1 rings (SSSR count). The molecule has 0 heterocycles. The SMILES string of the molecule is CC(C)CCCOCC(O)CNC1CC(O)C1(C)C. The summed E-state index contributed by atoms with van der Waals surface area (Å²) < 4.78 is 5.46. The van der Waals surface area contributed by atoms with Gasteiger partial charge >= 0.3 is 0 Å². The topological polar surface area (TPSA) is 61.7 Å². The molecule has 0 amide bonds. The third-order valence-electron chi connectivity index (χ3n) is 4.20. The van der Waals surface area contributed by atoms with E-state index in [9.17, 15) is 10.2 Å². The van der Waals surface area contributed by atoms with E-state index < -0.39 is 6.10 Å². The lowest BCUT2D eigenvalue weighted by Gasteiger charge is -2.49. The lowest BCUT2D eigenvalue weighted by molar-refractivity contribution is -0.0766. The van der Waals surface area contributed by atoms with Gasteiger partial charge in [-0.25, -0.2) is 0 Å². The van der Waals surface area contributed by atoms with Crippen molar-refractivity contribution in [1.82, 2.24) is 5.32 Å². The highest BCUT2D eigenvalue weighted by molar-refractivity contribution is 5.01. The minimum atomic E-state index is -0.465. The first-order chi connectivity index (χ1) is 8.84. The van der Waals surface area contributed by atoms with Crippen LogP contribution in [0.1, 0.15) is 47.0 Å². The average Bonchev–Trinajstić information content (AvgIpc) is 2.33. The van der Waals surface area contributed by atoms with Crippen molar-refractivity contribution in [3.63, 3.8) is 0 Å². The molecule has 3 atom stereocenters. The number of hydrogen-bond donors (Lipinski definition) is 3. The van der Waals surface area contributed by atoms with E-state index in [1.54, 1.807) is 0 Å². The molecule has 0 aromatic heterocycles. The van der Waals surface area contributed by atoms with Crippen molar-refractivity contribution in [3.05, 3.63) is 0 Å². The first-order valence-corrected chi connectivity index (χ1v) is 7.51. The summed E-state index contributed by atoms with van der Waals surface area (Å²) in [6.07, 6.45) is 2.30. The third kappa shape index (κ3) is 5.38. The molecule has 1 saturated carbocycles. The second kappa shape index (κ2) is 7.58. The van der Waals surface area contributed by atoms with E-state index in [2.05, 4.69) is 19.2 Å². The molecule has 1 fully saturated rings. The van der Waals surface area contributed by atoms with Gasteiger partial charge in [0.1, 0.15) is 0 Å². The van der Waals surface area contributed by atoms with E-state index in [4.69, 9.17) is 4.74 Å². The van der Waals surface area contributed by atoms with E-state index in [0.717, 1.165) is 19.4 Å². The zero-order valence-electron chi connectivity index (χ0n) is 12.9. The molecule has 0 radical (unpaired) electrons. The Kier molecular flexibility index (Phi) is 6.74. The molecule has 3 N–H and O–H groups in total. The van der Waals surface area contributed by atoms with E-state index >= 15 is 0 Å². The molecular formula is C15H31NO3. The van der Waals surface area contributed by atoms with Gasteiger partial charge in [-0.2, -0.15) is 0 Å². The van der Waals surface area contributed by atoms with E-state index in [1.807, 2.05) is 13.8 Å².